The molecule has 2 aromatic rings. The topological polar surface area (TPSA) is 100 Å². The number of nitrogens with two attached hydrogens (primary N) is 1. The third-order valence-electron chi connectivity index (χ3n) is 5.77. The number of hydroxylamine groups is 2. The van der Waals surface area contributed by atoms with Crippen LogP contribution < -0.4 is 20.9 Å². The van der Waals surface area contributed by atoms with Crippen LogP contribution in [0.5, 0.6) is 0 Å². The minimum Gasteiger partial charge on any atom is -0.442 e. The molecule has 0 aliphatic carbocycles. The van der Waals surface area contributed by atoms with Gasteiger partial charge in [0.1, 0.15) is 11.8 Å². The van der Waals surface area contributed by atoms with Crippen LogP contribution in [0.15, 0.2) is 36.4 Å². The number of anilines is 3. The van der Waals surface area contributed by atoms with Gasteiger partial charge < -0.3 is 20.7 Å². The zero-order chi connectivity index (χ0) is 25.8. The maximum Gasteiger partial charge on any atom is 0.414 e. The molecule has 2 fully saturated rings. The maximum absolute atomic E-state index is 15.1. The number of carbonyl (C=O) groups is 2. The molecule has 0 bridgehead atoms. The van der Waals surface area contributed by atoms with E-state index in [1.54, 1.807) is 11.1 Å². The van der Waals surface area contributed by atoms with Crippen molar-refractivity contribution >= 4 is 29.1 Å². The first-order chi connectivity index (χ1) is 17.2. The fourth-order valence-electron chi connectivity index (χ4n) is 4.07. The molecule has 0 spiro atoms. The highest BCUT2D eigenvalue weighted by molar-refractivity contribution is 5.90. The predicted molar refractivity (Wildman–Crippen MR) is 122 cm³/mol. The van der Waals surface area contributed by atoms with E-state index in [1.807, 2.05) is 23.5 Å². The summed E-state index contributed by atoms with van der Waals surface area (Å²) >= 11 is 0. The monoisotopic (exact) mass is 511 g/mol. The molecule has 0 radical (unpaired) electrons. The van der Waals surface area contributed by atoms with E-state index in [2.05, 4.69) is 0 Å². The smallest absolute Gasteiger partial charge is 0.414 e. The quantitative estimate of drug-likeness (QED) is 0.435. The van der Waals surface area contributed by atoms with Gasteiger partial charge in [-0.2, -0.15) is 13.8 Å². The third-order valence-corrected chi connectivity index (χ3v) is 5.77. The Balaban J connectivity index is 1.40. The van der Waals surface area contributed by atoms with Gasteiger partial charge in [-0.3, -0.25) is 14.5 Å². The number of cyclic esters (lactones) is 1. The fraction of sp³-hybridized carbons (Fsp3) is 0.391. The summed E-state index contributed by atoms with van der Waals surface area (Å²) in [7, 11) is 0. The number of ether oxygens (including phenoxy) is 1. The average molecular weight is 511 g/mol. The molecule has 0 aromatic heterocycles. The molecule has 2 amide bonds. The van der Waals surface area contributed by atoms with Crippen molar-refractivity contribution in [1.82, 2.24) is 10.4 Å². The van der Waals surface area contributed by atoms with Gasteiger partial charge in [0.2, 0.25) is 0 Å². The summed E-state index contributed by atoms with van der Waals surface area (Å²) in [5.41, 5.74) is 7.04. The van der Waals surface area contributed by atoms with Crippen molar-refractivity contribution in [2.45, 2.75) is 19.1 Å². The summed E-state index contributed by atoms with van der Waals surface area (Å²) in [4.78, 5) is 31.4. The van der Waals surface area contributed by atoms with Crippen LogP contribution in [0.1, 0.15) is 5.56 Å². The number of rotatable bonds is 7. The normalized spacial score (nSPS) is 18.9. The predicted octanol–water partition coefficient (Wildman–Crippen LogP) is 2.51. The lowest BCUT2D eigenvalue weighted by Crippen LogP contribution is -2.37. The van der Waals surface area contributed by atoms with Crippen LogP contribution in [0.4, 0.5) is 39.4 Å². The molecule has 4 rings (SSSR count). The van der Waals surface area contributed by atoms with E-state index in [9.17, 15) is 18.4 Å². The number of nitrogens with zero attached hydrogens (tertiary/aromatic N) is 3. The van der Waals surface area contributed by atoms with Crippen LogP contribution in [0, 0.1) is 11.6 Å². The van der Waals surface area contributed by atoms with Gasteiger partial charge in [-0.25, -0.2) is 13.6 Å². The van der Waals surface area contributed by atoms with Crippen molar-refractivity contribution in [3.63, 3.8) is 0 Å². The van der Waals surface area contributed by atoms with E-state index >= 15 is 8.78 Å². The van der Waals surface area contributed by atoms with Crippen LogP contribution in [-0.2, 0) is 20.9 Å². The number of halogens is 4. The summed E-state index contributed by atoms with van der Waals surface area (Å²) in [5.74, 6) is -3.26. The first kappa shape index (κ1) is 25.5. The summed E-state index contributed by atoms with van der Waals surface area (Å²) < 4.78 is 59.8. The molecule has 194 valence electrons. The molecule has 2 aromatic carbocycles. The Morgan fingerprint density at radius 2 is 1.89 bits per heavy atom. The van der Waals surface area contributed by atoms with Gasteiger partial charge in [-0.05, 0) is 17.7 Å². The number of nitrogens with one attached hydrogen (secondary N) is 1. The largest absolute Gasteiger partial charge is 0.442 e. The lowest BCUT2D eigenvalue weighted by atomic mass is 10.2. The van der Waals surface area contributed by atoms with Gasteiger partial charge >= 0.3 is 12.5 Å². The summed E-state index contributed by atoms with van der Waals surface area (Å²) in [5, 5.41) is 3.65. The van der Waals surface area contributed by atoms with Crippen molar-refractivity contribution in [2.75, 3.05) is 54.9 Å². The van der Waals surface area contributed by atoms with Crippen molar-refractivity contribution in [1.29, 1.82) is 0 Å². The lowest BCUT2D eigenvalue weighted by molar-refractivity contribution is -0.154. The van der Waals surface area contributed by atoms with Gasteiger partial charge in [0.15, 0.2) is 11.6 Å². The van der Waals surface area contributed by atoms with Gasteiger partial charge in [0.05, 0.1) is 25.4 Å². The second-order valence-corrected chi connectivity index (χ2v) is 8.35. The Hall–Kier alpha value is -3.58. The molecule has 1 unspecified atom stereocenters. The SMILES string of the molecule is Nc1cccc(CN2CCN(c3c(F)cc(N4CC(CNC(=O)C(F)F)OC4=O)cc3F)CCO2)c1. The van der Waals surface area contributed by atoms with Crippen LogP contribution in [0.25, 0.3) is 0 Å². The van der Waals surface area contributed by atoms with Crippen LogP contribution >= 0.6 is 0 Å². The van der Waals surface area contributed by atoms with E-state index < -0.39 is 36.2 Å². The summed E-state index contributed by atoms with van der Waals surface area (Å²) in [6, 6.07) is 9.36. The Labute approximate surface area is 204 Å². The second-order valence-electron chi connectivity index (χ2n) is 8.35. The zero-order valence-corrected chi connectivity index (χ0v) is 19.1. The van der Waals surface area contributed by atoms with Crippen molar-refractivity contribution < 1.29 is 36.7 Å². The number of carbonyl (C=O) groups excluding carboxylic acids is 2. The molecule has 2 saturated heterocycles. The van der Waals surface area contributed by atoms with Gasteiger partial charge in [0.25, 0.3) is 5.91 Å². The summed E-state index contributed by atoms with van der Waals surface area (Å²) in [6.07, 6.45) is -5.06. The number of hydrogen-bond acceptors (Lipinski definition) is 7. The lowest BCUT2D eigenvalue weighted by Gasteiger charge is -2.24. The highest BCUT2D eigenvalue weighted by Gasteiger charge is 2.34. The average Bonchev–Trinajstić information content (AvgIpc) is 3.04. The number of alkyl halides is 2. The molecule has 2 heterocycles. The number of hydrogen-bond donors (Lipinski definition) is 2. The molecule has 0 saturated carbocycles. The van der Waals surface area contributed by atoms with E-state index in [0.29, 0.717) is 18.8 Å². The number of benzene rings is 2. The van der Waals surface area contributed by atoms with E-state index in [4.69, 9.17) is 15.3 Å². The van der Waals surface area contributed by atoms with Crippen molar-refractivity contribution in [3.05, 3.63) is 53.6 Å². The highest BCUT2D eigenvalue weighted by Crippen LogP contribution is 2.31. The molecule has 2 aliphatic rings. The van der Waals surface area contributed by atoms with Crippen molar-refractivity contribution in [3.8, 4) is 0 Å². The Bertz CT molecular complexity index is 1100. The molecule has 36 heavy (non-hydrogen) atoms. The maximum atomic E-state index is 15.1. The Morgan fingerprint density at radius 1 is 1.14 bits per heavy atom. The van der Waals surface area contributed by atoms with E-state index in [-0.39, 0.29) is 44.2 Å². The molecular weight excluding hydrogens is 486 g/mol. The standard InChI is InChI=1S/C23H25F4N5O4/c24-18-9-16(32-13-17(36-23(32)34)11-29-22(33)21(26)27)10-19(25)20(18)30-4-5-31(35-7-6-30)12-14-2-1-3-15(28)8-14/h1-3,8-10,17,21H,4-7,11-13,28H2,(H,29,33). The van der Waals surface area contributed by atoms with E-state index in [1.165, 1.54) is 4.90 Å². The van der Waals surface area contributed by atoms with Crippen molar-refractivity contribution in [2.24, 2.45) is 0 Å². The van der Waals surface area contributed by atoms with Crippen LogP contribution in [0.3, 0.4) is 0 Å². The molecule has 9 nitrogen and oxygen atoms in total. The Kier molecular flexibility index (Phi) is 7.79. The number of amides is 2. The minimum atomic E-state index is -3.21. The van der Waals surface area contributed by atoms with E-state index in [0.717, 1.165) is 22.6 Å². The second kappa shape index (κ2) is 11.0. The Morgan fingerprint density at radius 3 is 2.58 bits per heavy atom. The molecule has 13 heteroatoms. The molecule has 3 N–H and O–H groups in total. The minimum absolute atomic E-state index is 0.0872. The highest BCUT2D eigenvalue weighted by atomic mass is 19.3. The van der Waals surface area contributed by atoms with Gasteiger partial charge in [-0.1, -0.05) is 12.1 Å². The third kappa shape index (κ3) is 5.97. The number of nitrogen functional groups attached to an aromatic ring is 1. The van der Waals surface area contributed by atoms with Crippen LogP contribution in [-0.4, -0.2) is 68.9 Å². The summed E-state index contributed by atoms with van der Waals surface area (Å²) in [6.45, 7) is 1.03. The molecule has 2 aliphatic heterocycles. The van der Waals surface area contributed by atoms with Crippen LogP contribution in [0.2, 0.25) is 0 Å². The molecular formula is C23H25F4N5O4. The molecule has 1 atom stereocenters. The van der Waals surface area contributed by atoms with Gasteiger partial charge in [0, 0.05) is 44.0 Å². The van der Waals surface area contributed by atoms with Gasteiger partial charge in [-0.15, -0.1) is 0 Å². The first-order valence-corrected chi connectivity index (χ1v) is 11.2. The fourth-order valence-corrected chi connectivity index (χ4v) is 4.07. The first-order valence-electron chi connectivity index (χ1n) is 11.2. The zero-order valence-electron chi connectivity index (χ0n) is 19.1.